The molecule has 1 atom stereocenters. The molecule has 1 rings (SSSR count). The van der Waals surface area contributed by atoms with E-state index >= 15 is 0 Å². The topological polar surface area (TPSA) is 50.9 Å². The Bertz CT molecular complexity index is 234. The molecule has 1 N–H and O–H groups in total. The van der Waals surface area contributed by atoms with Crippen LogP contribution in [0.2, 0.25) is 0 Å². The van der Waals surface area contributed by atoms with Gasteiger partial charge in [-0.3, -0.25) is 4.68 Å². The molecular weight excluding hydrogens is 154 g/mol. The van der Waals surface area contributed by atoms with E-state index in [0.29, 0.717) is 6.42 Å². The Hall–Kier alpha value is -0.900. The number of hydrogen-bond acceptors (Lipinski definition) is 3. The molecule has 0 fully saturated rings. The summed E-state index contributed by atoms with van der Waals surface area (Å²) < 4.78 is 1.65. The first-order valence-electron chi connectivity index (χ1n) is 4.25. The van der Waals surface area contributed by atoms with Gasteiger partial charge in [-0.1, -0.05) is 18.6 Å². The highest BCUT2D eigenvalue weighted by molar-refractivity contribution is 4.93. The second-order valence-electron chi connectivity index (χ2n) is 3.03. The average molecular weight is 169 g/mol. The quantitative estimate of drug-likeness (QED) is 0.714. The van der Waals surface area contributed by atoms with E-state index in [0.717, 1.165) is 18.5 Å². The van der Waals surface area contributed by atoms with E-state index in [1.807, 2.05) is 13.2 Å². The van der Waals surface area contributed by atoms with Crippen molar-refractivity contribution < 1.29 is 5.11 Å². The number of rotatable bonds is 4. The molecule has 4 nitrogen and oxygen atoms in total. The lowest BCUT2D eigenvalue weighted by Crippen LogP contribution is -2.09. The molecule has 0 amide bonds. The molecule has 0 bridgehead atoms. The van der Waals surface area contributed by atoms with Crippen molar-refractivity contribution in [2.24, 2.45) is 7.05 Å². The number of aryl methyl sites for hydroxylation is 1. The van der Waals surface area contributed by atoms with Gasteiger partial charge in [-0.15, -0.1) is 5.10 Å². The Morgan fingerprint density at radius 2 is 2.42 bits per heavy atom. The molecule has 4 heteroatoms. The first kappa shape index (κ1) is 9.19. The number of aromatic nitrogens is 3. The van der Waals surface area contributed by atoms with E-state index < -0.39 is 0 Å². The molecule has 0 aliphatic rings. The van der Waals surface area contributed by atoms with Crippen LogP contribution < -0.4 is 0 Å². The summed E-state index contributed by atoms with van der Waals surface area (Å²) in [6, 6.07) is 0. The Kier molecular flexibility index (Phi) is 3.22. The van der Waals surface area contributed by atoms with Gasteiger partial charge in [-0.05, 0) is 6.42 Å². The summed E-state index contributed by atoms with van der Waals surface area (Å²) in [4.78, 5) is 0. The van der Waals surface area contributed by atoms with Crippen LogP contribution in [0.5, 0.6) is 0 Å². The van der Waals surface area contributed by atoms with Gasteiger partial charge in [-0.25, -0.2) is 0 Å². The highest BCUT2D eigenvalue weighted by Crippen LogP contribution is 2.03. The second kappa shape index (κ2) is 4.21. The van der Waals surface area contributed by atoms with E-state index in [4.69, 9.17) is 0 Å². The fraction of sp³-hybridized carbons (Fsp3) is 0.750. The molecule has 0 aliphatic heterocycles. The average Bonchev–Trinajstić information content (AvgIpc) is 2.36. The summed E-state index contributed by atoms with van der Waals surface area (Å²) in [5.74, 6) is 0. The summed E-state index contributed by atoms with van der Waals surface area (Å²) in [7, 11) is 1.82. The molecular formula is C8H15N3O. The van der Waals surface area contributed by atoms with E-state index in [1.54, 1.807) is 4.68 Å². The van der Waals surface area contributed by atoms with Crippen LogP contribution >= 0.6 is 0 Å². The maximum atomic E-state index is 9.43. The van der Waals surface area contributed by atoms with Gasteiger partial charge in [0.05, 0.1) is 11.8 Å². The van der Waals surface area contributed by atoms with E-state index in [9.17, 15) is 5.11 Å². The zero-order chi connectivity index (χ0) is 8.97. The van der Waals surface area contributed by atoms with Crippen LogP contribution in [0.15, 0.2) is 6.20 Å². The summed E-state index contributed by atoms with van der Waals surface area (Å²) in [5.41, 5.74) is 0.860. The lowest BCUT2D eigenvalue weighted by atomic mass is 10.1. The van der Waals surface area contributed by atoms with E-state index in [1.165, 1.54) is 0 Å². The van der Waals surface area contributed by atoms with Crippen molar-refractivity contribution in [2.45, 2.75) is 32.3 Å². The van der Waals surface area contributed by atoms with Gasteiger partial charge in [-0.2, -0.15) is 0 Å². The standard InChI is InChI=1S/C8H15N3O/c1-3-4-8(12)5-7-6-11(2)10-9-7/h6,8,12H,3-5H2,1-2H3. The smallest absolute Gasteiger partial charge is 0.0852 e. The zero-order valence-corrected chi connectivity index (χ0v) is 7.56. The fourth-order valence-corrected chi connectivity index (χ4v) is 1.17. The number of hydrogen-bond donors (Lipinski definition) is 1. The SMILES string of the molecule is CCCC(O)Cc1cn(C)nn1. The van der Waals surface area contributed by atoms with Crippen LogP contribution in [0.4, 0.5) is 0 Å². The fourth-order valence-electron chi connectivity index (χ4n) is 1.17. The minimum Gasteiger partial charge on any atom is -0.393 e. The Morgan fingerprint density at radius 3 is 2.92 bits per heavy atom. The van der Waals surface area contributed by atoms with Crippen molar-refractivity contribution >= 4 is 0 Å². The third-order valence-electron chi connectivity index (χ3n) is 1.72. The molecule has 0 aliphatic carbocycles. The molecule has 1 aromatic heterocycles. The van der Waals surface area contributed by atoms with Crippen molar-refractivity contribution in [3.63, 3.8) is 0 Å². The maximum absolute atomic E-state index is 9.43. The van der Waals surface area contributed by atoms with Crippen LogP contribution in [-0.4, -0.2) is 26.2 Å². The molecule has 1 heterocycles. The van der Waals surface area contributed by atoms with Gasteiger partial charge < -0.3 is 5.11 Å². The molecule has 0 saturated heterocycles. The first-order valence-corrected chi connectivity index (χ1v) is 4.25. The first-order chi connectivity index (χ1) is 5.72. The molecule has 0 radical (unpaired) electrons. The Morgan fingerprint density at radius 1 is 1.67 bits per heavy atom. The van der Waals surface area contributed by atoms with E-state index in [2.05, 4.69) is 17.2 Å². The Labute approximate surface area is 72.2 Å². The second-order valence-corrected chi connectivity index (χ2v) is 3.03. The highest BCUT2D eigenvalue weighted by atomic mass is 16.3. The molecule has 1 aromatic rings. The summed E-state index contributed by atoms with van der Waals surface area (Å²) in [5, 5.41) is 17.1. The summed E-state index contributed by atoms with van der Waals surface area (Å²) in [6.07, 6.45) is 4.00. The molecule has 12 heavy (non-hydrogen) atoms. The lowest BCUT2D eigenvalue weighted by molar-refractivity contribution is 0.162. The molecule has 1 unspecified atom stereocenters. The predicted octanol–water partition coefficient (Wildman–Crippen LogP) is 0.519. The summed E-state index contributed by atoms with van der Waals surface area (Å²) >= 11 is 0. The van der Waals surface area contributed by atoms with Gasteiger partial charge in [0.2, 0.25) is 0 Å². The third-order valence-corrected chi connectivity index (χ3v) is 1.72. The normalized spacial score (nSPS) is 13.2. The van der Waals surface area contributed by atoms with Crippen molar-refractivity contribution in [3.8, 4) is 0 Å². The number of aliphatic hydroxyl groups excluding tert-OH is 1. The van der Waals surface area contributed by atoms with Crippen molar-refractivity contribution in [1.29, 1.82) is 0 Å². The summed E-state index contributed by atoms with van der Waals surface area (Å²) in [6.45, 7) is 2.06. The van der Waals surface area contributed by atoms with Crippen LogP contribution in [0.3, 0.4) is 0 Å². The zero-order valence-electron chi connectivity index (χ0n) is 7.56. The largest absolute Gasteiger partial charge is 0.393 e. The molecule has 0 aromatic carbocycles. The lowest BCUT2D eigenvalue weighted by Gasteiger charge is -2.04. The van der Waals surface area contributed by atoms with E-state index in [-0.39, 0.29) is 6.10 Å². The number of nitrogens with zero attached hydrogens (tertiary/aromatic N) is 3. The third kappa shape index (κ3) is 2.62. The van der Waals surface area contributed by atoms with Crippen molar-refractivity contribution in [1.82, 2.24) is 15.0 Å². The van der Waals surface area contributed by atoms with Crippen LogP contribution in [0, 0.1) is 0 Å². The number of aliphatic hydroxyl groups is 1. The van der Waals surface area contributed by atoms with Crippen LogP contribution in [-0.2, 0) is 13.5 Å². The monoisotopic (exact) mass is 169 g/mol. The van der Waals surface area contributed by atoms with Crippen molar-refractivity contribution in [2.75, 3.05) is 0 Å². The van der Waals surface area contributed by atoms with Crippen molar-refractivity contribution in [3.05, 3.63) is 11.9 Å². The predicted molar refractivity (Wildman–Crippen MR) is 45.6 cm³/mol. The minimum atomic E-state index is -0.272. The Balaban J connectivity index is 2.41. The molecule has 0 spiro atoms. The minimum absolute atomic E-state index is 0.272. The van der Waals surface area contributed by atoms with Crippen LogP contribution in [0.1, 0.15) is 25.5 Å². The highest BCUT2D eigenvalue weighted by Gasteiger charge is 2.06. The maximum Gasteiger partial charge on any atom is 0.0852 e. The van der Waals surface area contributed by atoms with Gasteiger partial charge in [0.15, 0.2) is 0 Å². The van der Waals surface area contributed by atoms with Crippen LogP contribution in [0.25, 0.3) is 0 Å². The van der Waals surface area contributed by atoms with Gasteiger partial charge in [0.1, 0.15) is 0 Å². The van der Waals surface area contributed by atoms with Gasteiger partial charge in [0, 0.05) is 19.7 Å². The van der Waals surface area contributed by atoms with Gasteiger partial charge in [0.25, 0.3) is 0 Å². The van der Waals surface area contributed by atoms with Gasteiger partial charge >= 0.3 is 0 Å². The molecule has 0 saturated carbocycles. The molecule has 68 valence electrons.